The molecular weight excluding hydrogens is 432 g/mol. The molecule has 3 heterocycles. The van der Waals surface area contributed by atoms with Gasteiger partial charge in [-0.2, -0.15) is 0 Å². The molecule has 1 fully saturated rings. The van der Waals surface area contributed by atoms with Crippen molar-refractivity contribution >= 4 is 22.7 Å². The van der Waals surface area contributed by atoms with Crippen molar-refractivity contribution in [3.63, 3.8) is 0 Å². The SMILES string of the molecule is CCOC(=O)c1nc(N2CCOCC2c2ccccc2)c2cc(-c3c(C)noc3C)ccc2n1. The molecule has 8 heteroatoms. The molecule has 1 saturated heterocycles. The first kappa shape index (κ1) is 22.0. The van der Waals surface area contributed by atoms with Gasteiger partial charge in [-0.1, -0.05) is 41.6 Å². The van der Waals surface area contributed by atoms with Gasteiger partial charge < -0.3 is 18.9 Å². The van der Waals surface area contributed by atoms with Crippen LogP contribution in [0.15, 0.2) is 53.1 Å². The zero-order chi connectivity index (χ0) is 23.7. The summed E-state index contributed by atoms with van der Waals surface area (Å²) in [5.74, 6) is 0.938. The first-order chi connectivity index (χ1) is 16.6. The molecule has 174 valence electrons. The second-order valence-corrected chi connectivity index (χ2v) is 8.22. The fourth-order valence-electron chi connectivity index (χ4n) is 4.48. The van der Waals surface area contributed by atoms with Gasteiger partial charge in [0.15, 0.2) is 0 Å². The van der Waals surface area contributed by atoms with Crippen molar-refractivity contribution in [2.24, 2.45) is 0 Å². The van der Waals surface area contributed by atoms with Crippen LogP contribution in [-0.4, -0.2) is 47.5 Å². The van der Waals surface area contributed by atoms with Gasteiger partial charge in [-0.25, -0.2) is 14.8 Å². The number of carbonyl (C=O) groups excluding carboxylic acids is 1. The molecule has 0 aliphatic carbocycles. The summed E-state index contributed by atoms with van der Waals surface area (Å²) in [4.78, 5) is 24.1. The average Bonchev–Trinajstić information content (AvgIpc) is 3.21. The minimum absolute atomic E-state index is 0.0488. The van der Waals surface area contributed by atoms with Crippen molar-refractivity contribution in [2.75, 3.05) is 31.3 Å². The molecule has 4 aromatic rings. The zero-order valence-corrected chi connectivity index (χ0v) is 19.4. The maximum Gasteiger partial charge on any atom is 0.376 e. The summed E-state index contributed by atoms with van der Waals surface area (Å²) in [6.45, 7) is 7.55. The minimum Gasteiger partial charge on any atom is -0.460 e. The van der Waals surface area contributed by atoms with Gasteiger partial charge in [0.2, 0.25) is 5.82 Å². The number of ether oxygens (including phenoxy) is 2. The van der Waals surface area contributed by atoms with Gasteiger partial charge in [-0.05, 0) is 44.0 Å². The highest BCUT2D eigenvalue weighted by Gasteiger charge is 2.29. The van der Waals surface area contributed by atoms with Gasteiger partial charge in [0.25, 0.3) is 0 Å². The number of hydrogen-bond acceptors (Lipinski definition) is 8. The van der Waals surface area contributed by atoms with E-state index in [4.69, 9.17) is 19.0 Å². The Morgan fingerprint density at radius 2 is 1.97 bits per heavy atom. The first-order valence-corrected chi connectivity index (χ1v) is 11.4. The topological polar surface area (TPSA) is 90.6 Å². The summed E-state index contributed by atoms with van der Waals surface area (Å²) in [7, 11) is 0. The van der Waals surface area contributed by atoms with Gasteiger partial charge in [0, 0.05) is 17.5 Å². The molecular formula is C26H26N4O4. The Bertz CT molecular complexity index is 1320. The summed E-state index contributed by atoms with van der Waals surface area (Å²) < 4.78 is 16.4. The molecule has 0 amide bonds. The average molecular weight is 459 g/mol. The largest absolute Gasteiger partial charge is 0.460 e. The third-order valence-corrected chi connectivity index (χ3v) is 6.04. The van der Waals surface area contributed by atoms with Gasteiger partial charge in [0.05, 0.1) is 37.1 Å². The lowest BCUT2D eigenvalue weighted by atomic mass is 10.0. The van der Waals surface area contributed by atoms with Gasteiger partial charge in [-0.15, -0.1) is 0 Å². The maximum atomic E-state index is 12.6. The van der Waals surface area contributed by atoms with Crippen molar-refractivity contribution < 1.29 is 18.8 Å². The van der Waals surface area contributed by atoms with Crippen LogP contribution >= 0.6 is 0 Å². The van der Waals surface area contributed by atoms with E-state index in [1.54, 1.807) is 6.92 Å². The molecule has 0 spiro atoms. The maximum absolute atomic E-state index is 12.6. The third kappa shape index (κ3) is 4.01. The lowest BCUT2D eigenvalue weighted by Gasteiger charge is -2.37. The Morgan fingerprint density at radius 3 is 2.71 bits per heavy atom. The number of fused-ring (bicyclic) bond motifs is 1. The lowest BCUT2D eigenvalue weighted by molar-refractivity contribution is 0.0512. The Labute approximate surface area is 197 Å². The Kier molecular flexibility index (Phi) is 5.98. The number of rotatable bonds is 5. The predicted molar refractivity (Wildman–Crippen MR) is 128 cm³/mol. The van der Waals surface area contributed by atoms with Gasteiger partial charge in [-0.3, -0.25) is 0 Å². The standard InChI is InChI=1S/C26H26N4O4/c1-4-33-26(31)24-27-21-11-10-19(23-16(2)29-34-17(23)3)14-20(21)25(28-24)30-12-13-32-15-22(30)18-8-6-5-7-9-18/h5-11,14,22H,4,12-13,15H2,1-3H3. The first-order valence-electron chi connectivity index (χ1n) is 11.4. The van der Waals surface area contributed by atoms with Crippen molar-refractivity contribution in [3.05, 3.63) is 71.4 Å². The van der Waals surface area contributed by atoms with Crippen LogP contribution in [0.5, 0.6) is 0 Å². The van der Waals surface area contributed by atoms with Crippen molar-refractivity contribution in [2.45, 2.75) is 26.8 Å². The van der Waals surface area contributed by atoms with Crippen LogP contribution in [0, 0.1) is 13.8 Å². The molecule has 0 radical (unpaired) electrons. The van der Waals surface area contributed by atoms with Crippen LogP contribution in [0.1, 0.15) is 40.6 Å². The minimum atomic E-state index is -0.537. The van der Waals surface area contributed by atoms with Crippen molar-refractivity contribution in [1.29, 1.82) is 0 Å². The van der Waals surface area contributed by atoms with E-state index in [1.165, 1.54) is 0 Å². The molecule has 2 aromatic carbocycles. The smallest absolute Gasteiger partial charge is 0.376 e. The summed E-state index contributed by atoms with van der Waals surface area (Å²) in [5, 5.41) is 4.94. The van der Waals surface area contributed by atoms with E-state index in [0.717, 1.165) is 33.5 Å². The van der Waals surface area contributed by atoms with E-state index in [0.29, 0.717) is 31.1 Å². The molecule has 8 nitrogen and oxygen atoms in total. The number of carbonyl (C=O) groups is 1. The lowest BCUT2D eigenvalue weighted by Crippen LogP contribution is -2.40. The second kappa shape index (κ2) is 9.23. The third-order valence-electron chi connectivity index (χ3n) is 6.04. The predicted octanol–water partition coefficient (Wildman–Crippen LogP) is 4.66. The van der Waals surface area contributed by atoms with Crippen LogP contribution in [-0.2, 0) is 9.47 Å². The summed E-state index contributed by atoms with van der Waals surface area (Å²) in [6, 6.07) is 16.0. The monoisotopic (exact) mass is 458 g/mol. The van der Waals surface area contributed by atoms with E-state index < -0.39 is 5.97 Å². The number of morpholine rings is 1. The number of anilines is 1. The molecule has 0 saturated carbocycles. The van der Waals surface area contributed by atoms with Crippen LogP contribution in [0.25, 0.3) is 22.0 Å². The number of hydrogen-bond donors (Lipinski definition) is 0. The molecule has 0 bridgehead atoms. The van der Waals surface area contributed by atoms with Crippen LogP contribution < -0.4 is 4.90 Å². The summed E-state index contributed by atoms with van der Waals surface area (Å²) >= 11 is 0. The van der Waals surface area contributed by atoms with Crippen molar-refractivity contribution in [3.8, 4) is 11.1 Å². The molecule has 5 rings (SSSR count). The number of aromatic nitrogens is 3. The molecule has 1 unspecified atom stereocenters. The van der Waals surface area contributed by atoms with E-state index in [2.05, 4.69) is 27.2 Å². The molecule has 2 aromatic heterocycles. The highest BCUT2D eigenvalue weighted by atomic mass is 16.5. The second-order valence-electron chi connectivity index (χ2n) is 8.22. The summed E-state index contributed by atoms with van der Waals surface area (Å²) in [6.07, 6.45) is 0. The van der Waals surface area contributed by atoms with E-state index >= 15 is 0 Å². The fourth-order valence-corrected chi connectivity index (χ4v) is 4.48. The molecule has 1 aliphatic heterocycles. The molecule has 1 aliphatic rings. The summed E-state index contributed by atoms with van der Waals surface area (Å²) in [5.41, 5.74) is 4.51. The van der Waals surface area contributed by atoms with Crippen LogP contribution in [0.2, 0.25) is 0 Å². The normalized spacial score (nSPS) is 16.1. The quantitative estimate of drug-likeness (QED) is 0.399. The molecule has 34 heavy (non-hydrogen) atoms. The number of aryl methyl sites for hydroxylation is 2. The van der Waals surface area contributed by atoms with Crippen molar-refractivity contribution in [1.82, 2.24) is 15.1 Å². The fraction of sp³-hybridized carbons (Fsp3) is 0.308. The Morgan fingerprint density at radius 1 is 1.15 bits per heavy atom. The molecule has 1 atom stereocenters. The van der Waals surface area contributed by atoms with E-state index in [9.17, 15) is 4.79 Å². The number of nitrogens with zero attached hydrogens (tertiary/aromatic N) is 4. The highest BCUT2D eigenvalue weighted by Crippen LogP contribution is 2.36. The Balaban J connectivity index is 1.71. The number of benzene rings is 2. The highest BCUT2D eigenvalue weighted by molar-refractivity contribution is 5.97. The number of esters is 1. The zero-order valence-electron chi connectivity index (χ0n) is 19.4. The van der Waals surface area contributed by atoms with Gasteiger partial charge >= 0.3 is 5.97 Å². The van der Waals surface area contributed by atoms with E-state index in [1.807, 2.05) is 50.2 Å². The van der Waals surface area contributed by atoms with Gasteiger partial charge in [0.1, 0.15) is 11.6 Å². The van der Waals surface area contributed by atoms with E-state index in [-0.39, 0.29) is 18.5 Å². The van der Waals surface area contributed by atoms with Crippen LogP contribution in [0.4, 0.5) is 5.82 Å². The molecule has 0 N–H and O–H groups in total. The van der Waals surface area contributed by atoms with Crippen LogP contribution in [0.3, 0.4) is 0 Å². The Hall–Kier alpha value is -3.78.